The van der Waals surface area contributed by atoms with Crippen LogP contribution < -0.4 is 5.73 Å². The molecule has 0 bridgehead atoms. The molecule has 0 saturated carbocycles. The monoisotopic (exact) mass is 267 g/mol. The SMILES string of the molecule is CCCCc1cc(N)n2nc(-c3ccccc3)nc2n1. The predicted octanol–water partition coefficient (Wildman–Crippen LogP) is 2.72. The second-order valence-corrected chi connectivity index (χ2v) is 4.79. The van der Waals surface area contributed by atoms with Gasteiger partial charge in [-0.25, -0.2) is 4.98 Å². The average Bonchev–Trinajstić information content (AvgIpc) is 2.91. The summed E-state index contributed by atoms with van der Waals surface area (Å²) in [6.07, 6.45) is 3.15. The summed E-state index contributed by atoms with van der Waals surface area (Å²) in [4.78, 5) is 9.00. The molecule has 5 heteroatoms. The highest BCUT2D eigenvalue weighted by Gasteiger charge is 2.10. The zero-order valence-corrected chi connectivity index (χ0v) is 11.5. The molecular formula is C15H17N5. The van der Waals surface area contributed by atoms with E-state index in [1.165, 1.54) is 0 Å². The molecule has 102 valence electrons. The standard InChI is InChI=1S/C15H17N5/c1-2-3-9-12-10-13(16)20-15(17-12)18-14(19-20)11-7-5-4-6-8-11/h4-8,10H,2-3,9,16H2,1H3. The van der Waals surface area contributed by atoms with Crippen LogP contribution in [0.15, 0.2) is 36.4 Å². The number of rotatable bonds is 4. The maximum atomic E-state index is 6.04. The molecule has 0 unspecified atom stereocenters. The number of nitrogens with zero attached hydrogens (tertiary/aromatic N) is 4. The van der Waals surface area contributed by atoms with E-state index < -0.39 is 0 Å². The van der Waals surface area contributed by atoms with E-state index in [1.54, 1.807) is 4.52 Å². The molecular weight excluding hydrogens is 250 g/mol. The van der Waals surface area contributed by atoms with Crippen LogP contribution >= 0.6 is 0 Å². The zero-order valence-electron chi connectivity index (χ0n) is 11.5. The van der Waals surface area contributed by atoms with Crippen LogP contribution in [0.25, 0.3) is 17.2 Å². The Balaban J connectivity index is 2.04. The number of nitrogen functional groups attached to an aromatic ring is 1. The third-order valence-corrected chi connectivity index (χ3v) is 3.21. The first-order chi connectivity index (χ1) is 9.78. The summed E-state index contributed by atoms with van der Waals surface area (Å²) >= 11 is 0. The molecule has 20 heavy (non-hydrogen) atoms. The third-order valence-electron chi connectivity index (χ3n) is 3.21. The highest BCUT2D eigenvalue weighted by Crippen LogP contribution is 2.17. The number of benzene rings is 1. The van der Waals surface area contributed by atoms with Gasteiger partial charge in [-0.1, -0.05) is 43.7 Å². The Morgan fingerprint density at radius 1 is 1.15 bits per heavy atom. The summed E-state index contributed by atoms with van der Waals surface area (Å²) in [6, 6.07) is 11.7. The Morgan fingerprint density at radius 3 is 2.70 bits per heavy atom. The summed E-state index contributed by atoms with van der Waals surface area (Å²) in [7, 11) is 0. The second kappa shape index (κ2) is 5.28. The molecule has 2 heterocycles. The van der Waals surface area contributed by atoms with Gasteiger partial charge >= 0.3 is 0 Å². The molecule has 1 aromatic carbocycles. The van der Waals surface area contributed by atoms with Crippen molar-refractivity contribution in [3.05, 3.63) is 42.1 Å². The lowest BCUT2D eigenvalue weighted by molar-refractivity contribution is 0.772. The molecule has 0 saturated heterocycles. The minimum Gasteiger partial charge on any atom is -0.383 e. The van der Waals surface area contributed by atoms with E-state index in [1.807, 2.05) is 36.4 Å². The number of aryl methyl sites for hydroxylation is 1. The number of aromatic nitrogens is 4. The van der Waals surface area contributed by atoms with Crippen molar-refractivity contribution in [2.75, 3.05) is 5.73 Å². The Labute approximate surface area is 117 Å². The smallest absolute Gasteiger partial charge is 0.254 e. The Morgan fingerprint density at radius 2 is 1.95 bits per heavy atom. The second-order valence-electron chi connectivity index (χ2n) is 4.79. The molecule has 0 spiro atoms. The normalized spacial score (nSPS) is 11.1. The first-order valence-electron chi connectivity index (χ1n) is 6.85. The van der Waals surface area contributed by atoms with Crippen molar-refractivity contribution < 1.29 is 0 Å². The van der Waals surface area contributed by atoms with Crippen LogP contribution in [0.2, 0.25) is 0 Å². The van der Waals surface area contributed by atoms with Crippen molar-refractivity contribution in [3.8, 4) is 11.4 Å². The van der Waals surface area contributed by atoms with E-state index in [4.69, 9.17) is 5.73 Å². The number of anilines is 1. The zero-order chi connectivity index (χ0) is 13.9. The summed E-state index contributed by atoms with van der Waals surface area (Å²) < 4.78 is 1.60. The van der Waals surface area contributed by atoms with Gasteiger partial charge in [0.25, 0.3) is 5.78 Å². The van der Waals surface area contributed by atoms with Crippen molar-refractivity contribution in [3.63, 3.8) is 0 Å². The molecule has 0 aliphatic carbocycles. The average molecular weight is 267 g/mol. The Hall–Kier alpha value is -2.43. The number of hydrogen-bond acceptors (Lipinski definition) is 4. The van der Waals surface area contributed by atoms with Crippen molar-refractivity contribution in [1.29, 1.82) is 0 Å². The van der Waals surface area contributed by atoms with Gasteiger partial charge < -0.3 is 5.73 Å². The van der Waals surface area contributed by atoms with Crippen molar-refractivity contribution in [2.24, 2.45) is 0 Å². The van der Waals surface area contributed by atoms with Gasteiger partial charge in [0.05, 0.1) is 0 Å². The number of fused-ring (bicyclic) bond motifs is 1. The lowest BCUT2D eigenvalue weighted by atomic mass is 10.2. The summed E-state index contributed by atoms with van der Waals surface area (Å²) in [6.45, 7) is 2.16. The van der Waals surface area contributed by atoms with Gasteiger partial charge in [-0.2, -0.15) is 9.50 Å². The molecule has 3 aromatic rings. The van der Waals surface area contributed by atoms with E-state index in [2.05, 4.69) is 22.0 Å². The highest BCUT2D eigenvalue weighted by atomic mass is 15.4. The van der Waals surface area contributed by atoms with Crippen LogP contribution in [-0.4, -0.2) is 19.6 Å². The summed E-state index contributed by atoms with van der Waals surface area (Å²) in [5.41, 5.74) is 7.98. The lowest BCUT2D eigenvalue weighted by Gasteiger charge is -2.01. The van der Waals surface area contributed by atoms with Crippen molar-refractivity contribution in [2.45, 2.75) is 26.2 Å². The minimum atomic E-state index is 0.565. The van der Waals surface area contributed by atoms with Gasteiger partial charge in [0.1, 0.15) is 5.82 Å². The maximum Gasteiger partial charge on any atom is 0.254 e. The summed E-state index contributed by atoms with van der Waals surface area (Å²) in [5.74, 6) is 1.79. The van der Waals surface area contributed by atoms with Gasteiger partial charge in [0, 0.05) is 17.3 Å². The molecule has 5 nitrogen and oxygen atoms in total. The molecule has 0 atom stereocenters. The van der Waals surface area contributed by atoms with Crippen LogP contribution in [0.4, 0.5) is 5.82 Å². The quantitative estimate of drug-likeness (QED) is 0.789. The van der Waals surface area contributed by atoms with E-state index >= 15 is 0 Å². The fourth-order valence-corrected chi connectivity index (χ4v) is 2.14. The van der Waals surface area contributed by atoms with Gasteiger partial charge in [-0.3, -0.25) is 0 Å². The first-order valence-corrected chi connectivity index (χ1v) is 6.85. The van der Waals surface area contributed by atoms with Crippen LogP contribution in [0, 0.1) is 0 Å². The molecule has 2 N–H and O–H groups in total. The molecule has 0 aliphatic heterocycles. The topological polar surface area (TPSA) is 69.1 Å². The third kappa shape index (κ3) is 2.34. The molecule has 0 radical (unpaired) electrons. The van der Waals surface area contributed by atoms with Gasteiger partial charge in [0.15, 0.2) is 5.82 Å². The van der Waals surface area contributed by atoms with Gasteiger partial charge in [0.2, 0.25) is 0 Å². The number of unbranched alkanes of at least 4 members (excludes halogenated alkanes) is 1. The van der Waals surface area contributed by atoms with E-state index in [9.17, 15) is 0 Å². The van der Waals surface area contributed by atoms with E-state index in [0.29, 0.717) is 17.4 Å². The van der Waals surface area contributed by atoms with Crippen LogP contribution in [0.1, 0.15) is 25.5 Å². The number of nitrogens with two attached hydrogens (primary N) is 1. The highest BCUT2D eigenvalue weighted by molar-refractivity contribution is 5.57. The molecule has 0 fully saturated rings. The first kappa shape index (κ1) is 12.6. The largest absolute Gasteiger partial charge is 0.383 e. The Kier molecular flexibility index (Phi) is 3.33. The molecule has 0 amide bonds. The fraction of sp³-hybridized carbons (Fsp3) is 0.267. The maximum absolute atomic E-state index is 6.04. The van der Waals surface area contributed by atoms with E-state index in [0.717, 1.165) is 30.5 Å². The van der Waals surface area contributed by atoms with Crippen LogP contribution in [0.3, 0.4) is 0 Å². The number of hydrogen-bond donors (Lipinski definition) is 1. The predicted molar refractivity (Wildman–Crippen MR) is 79.2 cm³/mol. The lowest BCUT2D eigenvalue weighted by Crippen LogP contribution is -2.03. The van der Waals surface area contributed by atoms with E-state index in [-0.39, 0.29) is 0 Å². The van der Waals surface area contributed by atoms with Gasteiger partial charge in [-0.05, 0) is 12.8 Å². The van der Waals surface area contributed by atoms with Crippen molar-refractivity contribution >= 4 is 11.6 Å². The van der Waals surface area contributed by atoms with Crippen LogP contribution in [-0.2, 0) is 6.42 Å². The molecule has 3 rings (SSSR count). The minimum absolute atomic E-state index is 0.565. The van der Waals surface area contributed by atoms with Gasteiger partial charge in [-0.15, -0.1) is 5.10 Å². The fourth-order valence-electron chi connectivity index (χ4n) is 2.14. The molecule has 0 aliphatic rings. The Bertz CT molecular complexity index is 718. The van der Waals surface area contributed by atoms with Crippen molar-refractivity contribution in [1.82, 2.24) is 19.6 Å². The molecule has 2 aromatic heterocycles. The summed E-state index contributed by atoms with van der Waals surface area (Å²) in [5, 5.41) is 4.42. The van der Waals surface area contributed by atoms with Crippen LogP contribution in [0.5, 0.6) is 0 Å².